The van der Waals surface area contributed by atoms with Crippen molar-refractivity contribution >= 4 is 11.8 Å². The SMILES string of the molecule is CN(C)C(=O)COC1=NCC(C#N)C=C1. The van der Waals surface area contributed by atoms with Crippen LogP contribution >= 0.6 is 0 Å². The third kappa shape index (κ3) is 3.43. The molecule has 1 rings (SSSR count). The first kappa shape index (κ1) is 11.2. The number of aliphatic imine (C=N–C) groups is 1. The van der Waals surface area contributed by atoms with Gasteiger partial charge in [0.1, 0.15) is 0 Å². The molecule has 1 atom stereocenters. The summed E-state index contributed by atoms with van der Waals surface area (Å²) in [6.45, 7) is 0.381. The van der Waals surface area contributed by atoms with E-state index in [1.54, 1.807) is 26.2 Å². The van der Waals surface area contributed by atoms with Crippen molar-refractivity contribution in [1.29, 1.82) is 5.26 Å². The fourth-order valence-corrected chi connectivity index (χ4v) is 0.943. The number of hydrogen-bond acceptors (Lipinski definition) is 4. The van der Waals surface area contributed by atoms with Gasteiger partial charge in [0.2, 0.25) is 5.90 Å². The number of nitriles is 1. The van der Waals surface area contributed by atoms with Crippen LogP contribution in [-0.4, -0.2) is 44.0 Å². The Morgan fingerprint density at radius 1 is 1.80 bits per heavy atom. The van der Waals surface area contributed by atoms with Crippen LogP contribution in [0.25, 0.3) is 0 Å². The molecule has 1 unspecified atom stereocenters. The first-order valence-corrected chi connectivity index (χ1v) is 4.58. The maximum atomic E-state index is 11.2. The standard InChI is InChI=1S/C10H13N3O2/c1-13(2)10(14)7-15-9-4-3-8(5-11)6-12-9/h3-4,8H,6-7H2,1-2H3. The Morgan fingerprint density at radius 2 is 2.53 bits per heavy atom. The number of ether oxygens (including phenoxy) is 1. The quantitative estimate of drug-likeness (QED) is 0.649. The van der Waals surface area contributed by atoms with Gasteiger partial charge in [-0.05, 0) is 6.08 Å². The fraction of sp³-hybridized carbons (Fsp3) is 0.500. The maximum absolute atomic E-state index is 11.2. The number of amides is 1. The maximum Gasteiger partial charge on any atom is 0.260 e. The van der Waals surface area contributed by atoms with Crippen LogP contribution in [0.2, 0.25) is 0 Å². The molecule has 1 amide bonds. The Balaban J connectivity index is 2.37. The predicted molar refractivity (Wildman–Crippen MR) is 55.2 cm³/mol. The second-order valence-electron chi connectivity index (χ2n) is 3.35. The monoisotopic (exact) mass is 207 g/mol. The second kappa shape index (κ2) is 5.15. The summed E-state index contributed by atoms with van der Waals surface area (Å²) in [6.07, 6.45) is 3.35. The van der Waals surface area contributed by atoms with Crippen LogP contribution < -0.4 is 0 Å². The van der Waals surface area contributed by atoms with Gasteiger partial charge in [-0.15, -0.1) is 0 Å². The van der Waals surface area contributed by atoms with Crippen molar-refractivity contribution in [2.24, 2.45) is 10.9 Å². The molecule has 0 spiro atoms. The Bertz CT molecular complexity index is 339. The third-order valence-electron chi connectivity index (χ3n) is 1.92. The van der Waals surface area contributed by atoms with Crippen LogP contribution in [-0.2, 0) is 9.53 Å². The van der Waals surface area contributed by atoms with Gasteiger partial charge in [-0.3, -0.25) is 9.79 Å². The smallest absolute Gasteiger partial charge is 0.260 e. The highest BCUT2D eigenvalue weighted by Gasteiger charge is 2.11. The van der Waals surface area contributed by atoms with Crippen molar-refractivity contribution < 1.29 is 9.53 Å². The molecule has 0 saturated heterocycles. The molecule has 0 aromatic carbocycles. The Morgan fingerprint density at radius 3 is 3.00 bits per heavy atom. The van der Waals surface area contributed by atoms with Gasteiger partial charge in [0, 0.05) is 14.1 Å². The summed E-state index contributed by atoms with van der Waals surface area (Å²) in [5, 5.41) is 8.60. The molecule has 0 saturated carbocycles. The minimum absolute atomic E-state index is 0.0204. The Kier molecular flexibility index (Phi) is 3.86. The first-order valence-electron chi connectivity index (χ1n) is 4.58. The van der Waals surface area contributed by atoms with Crippen molar-refractivity contribution in [1.82, 2.24) is 4.90 Å². The van der Waals surface area contributed by atoms with E-state index >= 15 is 0 Å². The number of carbonyl (C=O) groups excluding carboxylic acids is 1. The average molecular weight is 207 g/mol. The molecule has 80 valence electrons. The number of carbonyl (C=O) groups is 1. The van der Waals surface area contributed by atoms with Gasteiger partial charge >= 0.3 is 0 Å². The van der Waals surface area contributed by atoms with Crippen LogP contribution in [0.1, 0.15) is 0 Å². The second-order valence-corrected chi connectivity index (χ2v) is 3.35. The highest BCUT2D eigenvalue weighted by molar-refractivity contribution is 5.90. The van der Waals surface area contributed by atoms with Crippen LogP contribution in [0.3, 0.4) is 0 Å². The molecule has 5 nitrogen and oxygen atoms in total. The van der Waals surface area contributed by atoms with Gasteiger partial charge < -0.3 is 9.64 Å². The zero-order valence-electron chi connectivity index (χ0n) is 8.80. The topological polar surface area (TPSA) is 65.7 Å². The normalized spacial score (nSPS) is 19.0. The minimum atomic E-state index is -0.179. The summed E-state index contributed by atoms with van der Waals surface area (Å²) in [7, 11) is 3.33. The highest BCUT2D eigenvalue weighted by Crippen LogP contribution is 2.05. The van der Waals surface area contributed by atoms with Crippen molar-refractivity contribution in [3.63, 3.8) is 0 Å². The molecule has 0 fully saturated rings. The lowest BCUT2D eigenvalue weighted by atomic mass is 10.1. The van der Waals surface area contributed by atoms with E-state index in [4.69, 9.17) is 10.00 Å². The van der Waals surface area contributed by atoms with Crippen LogP contribution in [0, 0.1) is 17.2 Å². The minimum Gasteiger partial charge on any atom is -0.468 e. The third-order valence-corrected chi connectivity index (χ3v) is 1.92. The largest absolute Gasteiger partial charge is 0.468 e. The summed E-state index contributed by atoms with van der Waals surface area (Å²) >= 11 is 0. The molecule has 5 heteroatoms. The molecule has 0 bridgehead atoms. The Hall–Kier alpha value is -1.83. The molecule has 1 heterocycles. The number of nitrogens with zero attached hydrogens (tertiary/aromatic N) is 3. The molecule has 15 heavy (non-hydrogen) atoms. The average Bonchev–Trinajstić information content (AvgIpc) is 2.26. The molecular weight excluding hydrogens is 194 g/mol. The fourth-order valence-electron chi connectivity index (χ4n) is 0.943. The van der Waals surface area contributed by atoms with Crippen molar-refractivity contribution in [2.45, 2.75) is 0 Å². The summed E-state index contributed by atoms with van der Waals surface area (Å²) in [5.74, 6) is 0.118. The lowest BCUT2D eigenvalue weighted by molar-refractivity contribution is -0.131. The van der Waals surface area contributed by atoms with Crippen molar-refractivity contribution in [3.05, 3.63) is 12.2 Å². The highest BCUT2D eigenvalue weighted by atomic mass is 16.5. The number of rotatable bonds is 2. The number of hydrogen-bond donors (Lipinski definition) is 0. The van der Waals surface area contributed by atoms with Crippen molar-refractivity contribution in [2.75, 3.05) is 27.2 Å². The summed E-state index contributed by atoms with van der Waals surface area (Å²) in [4.78, 5) is 16.7. The molecule has 0 aromatic heterocycles. The first-order chi connectivity index (χ1) is 7.13. The lowest BCUT2D eigenvalue weighted by Crippen LogP contribution is -2.27. The van der Waals surface area contributed by atoms with E-state index in [0.29, 0.717) is 12.4 Å². The number of likely N-dealkylation sites (N-methyl/N-ethyl adjacent to an activating group) is 1. The van der Waals surface area contributed by atoms with E-state index in [2.05, 4.69) is 11.1 Å². The lowest BCUT2D eigenvalue weighted by Gasteiger charge is -2.13. The van der Waals surface area contributed by atoms with Gasteiger partial charge in [-0.2, -0.15) is 5.26 Å². The van der Waals surface area contributed by atoms with E-state index < -0.39 is 0 Å². The van der Waals surface area contributed by atoms with Crippen LogP contribution in [0.15, 0.2) is 17.1 Å². The molecule has 0 aromatic rings. The zero-order chi connectivity index (χ0) is 11.3. The van der Waals surface area contributed by atoms with Gasteiger partial charge in [0.25, 0.3) is 5.91 Å². The van der Waals surface area contributed by atoms with Crippen LogP contribution in [0.5, 0.6) is 0 Å². The number of dihydropyridines is 1. The van der Waals surface area contributed by atoms with Gasteiger partial charge in [0.05, 0.1) is 18.5 Å². The molecule has 0 aliphatic carbocycles. The molecule has 0 radical (unpaired) electrons. The van der Waals surface area contributed by atoms with Crippen LogP contribution in [0.4, 0.5) is 0 Å². The van der Waals surface area contributed by atoms with Gasteiger partial charge in [-0.1, -0.05) is 6.08 Å². The van der Waals surface area contributed by atoms with Gasteiger partial charge in [-0.25, -0.2) is 0 Å². The zero-order valence-corrected chi connectivity index (χ0v) is 8.80. The summed E-state index contributed by atoms with van der Waals surface area (Å²) < 4.78 is 5.16. The summed E-state index contributed by atoms with van der Waals surface area (Å²) in [6, 6.07) is 2.08. The molecule has 0 N–H and O–H groups in total. The van der Waals surface area contributed by atoms with Crippen molar-refractivity contribution in [3.8, 4) is 6.07 Å². The van der Waals surface area contributed by atoms with Gasteiger partial charge in [0.15, 0.2) is 6.61 Å². The van der Waals surface area contributed by atoms with E-state index in [-0.39, 0.29) is 18.4 Å². The van der Waals surface area contributed by atoms with E-state index in [1.807, 2.05) is 0 Å². The van der Waals surface area contributed by atoms with E-state index in [0.717, 1.165) is 0 Å². The predicted octanol–water partition coefficient (Wildman–Crippen LogP) is 0.199. The molecular formula is C10H13N3O2. The summed E-state index contributed by atoms with van der Waals surface area (Å²) in [5.41, 5.74) is 0. The molecule has 1 aliphatic rings. The Labute approximate surface area is 88.7 Å². The van der Waals surface area contributed by atoms with E-state index in [1.165, 1.54) is 4.90 Å². The molecule has 1 aliphatic heterocycles. The van der Waals surface area contributed by atoms with E-state index in [9.17, 15) is 4.79 Å².